The lowest BCUT2D eigenvalue weighted by Gasteiger charge is -2.19. The Balaban J connectivity index is 2.31. The van der Waals surface area contributed by atoms with Crippen LogP contribution in [0.25, 0.3) is 0 Å². The van der Waals surface area contributed by atoms with Crippen LogP contribution in [0.1, 0.15) is 24.9 Å². The molecular weight excluding hydrogens is 316 g/mol. The van der Waals surface area contributed by atoms with E-state index in [1.807, 2.05) is 0 Å². The largest absolute Gasteiger partial charge is 0.362 e. The van der Waals surface area contributed by atoms with Crippen molar-refractivity contribution in [3.8, 4) is 0 Å². The number of aromatic nitrogens is 1. The first-order chi connectivity index (χ1) is 10.4. The normalized spacial score (nSPS) is 12.0. The zero-order valence-electron chi connectivity index (χ0n) is 11.5. The highest BCUT2D eigenvalue weighted by Crippen LogP contribution is 2.30. The van der Waals surface area contributed by atoms with Crippen molar-refractivity contribution in [2.24, 2.45) is 0 Å². The standard InChI is InChI=1S/C14H12ClF2N3O2/c1-2-13(10-5-8(16)3-4-12(10)17)19-14-11(15)6-9(7-18-14)20(21)22/h3-7,13H,2H2,1H3,(H,18,19). The molecule has 0 aliphatic carbocycles. The van der Waals surface area contributed by atoms with Crippen LogP contribution >= 0.6 is 11.6 Å². The Hall–Kier alpha value is -2.28. The fourth-order valence-electron chi connectivity index (χ4n) is 1.98. The first kappa shape index (κ1) is 16.1. The molecule has 1 atom stereocenters. The second-order valence-corrected chi connectivity index (χ2v) is 4.96. The Bertz CT molecular complexity index is 712. The van der Waals surface area contributed by atoms with Crippen molar-refractivity contribution in [1.82, 2.24) is 4.98 Å². The van der Waals surface area contributed by atoms with Crippen molar-refractivity contribution in [1.29, 1.82) is 0 Å². The lowest BCUT2D eigenvalue weighted by atomic mass is 10.0. The van der Waals surface area contributed by atoms with Gasteiger partial charge in [-0.05, 0) is 24.6 Å². The Morgan fingerprint density at radius 2 is 2.14 bits per heavy atom. The summed E-state index contributed by atoms with van der Waals surface area (Å²) in [7, 11) is 0. The number of halogens is 3. The van der Waals surface area contributed by atoms with Gasteiger partial charge in [-0.25, -0.2) is 13.8 Å². The fourth-order valence-corrected chi connectivity index (χ4v) is 2.20. The molecule has 0 aliphatic rings. The molecule has 5 nitrogen and oxygen atoms in total. The summed E-state index contributed by atoms with van der Waals surface area (Å²) in [6, 6.07) is 3.74. The van der Waals surface area contributed by atoms with Crippen molar-refractivity contribution in [3.05, 3.63) is 62.8 Å². The zero-order chi connectivity index (χ0) is 16.3. The van der Waals surface area contributed by atoms with Crippen LogP contribution in [-0.4, -0.2) is 9.91 Å². The molecule has 2 rings (SSSR count). The van der Waals surface area contributed by atoms with Gasteiger partial charge in [0.1, 0.15) is 23.6 Å². The Morgan fingerprint density at radius 3 is 2.73 bits per heavy atom. The Morgan fingerprint density at radius 1 is 1.41 bits per heavy atom. The summed E-state index contributed by atoms with van der Waals surface area (Å²) in [6.45, 7) is 1.78. The summed E-state index contributed by atoms with van der Waals surface area (Å²) in [6.07, 6.45) is 1.48. The van der Waals surface area contributed by atoms with E-state index in [1.165, 1.54) is 0 Å². The second-order valence-electron chi connectivity index (χ2n) is 4.55. The topological polar surface area (TPSA) is 68.1 Å². The second kappa shape index (κ2) is 6.65. The molecule has 0 aliphatic heterocycles. The fraction of sp³-hybridized carbons (Fsp3) is 0.214. The van der Waals surface area contributed by atoms with Gasteiger partial charge in [-0.2, -0.15) is 0 Å². The average Bonchev–Trinajstić information content (AvgIpc) is 2.48. The molecule has 1 aromatic heterocycles. The van der Waals surface area contributed by atoms with Gasteiger partial charge in [-0.3, -0.25) is 10.1 Å². The number of rotatable bonds is 5. The van der Waals surface area contributed by atoms with E-state index >= 15 is 0 Å². The number of anilines is 1. The molecule has 22 heavy (non-hydrogen) atoms. The maximum atomic E-state index is 13.8. The van der Waals surface area contributed by atoms with E-state index in [4.69, 9.17) is 11.6 Å². The molecule has 0 saturated carbocycles. The van der Waals surface area contributed by atoms with Gasteiger partial charge in [0.25, 0.3) is 5.69 Å². The van der Waals surface area contributed by atoms with Crippen molar-refractivity contribution < 1.29 is 13.7 Å². The van der Waals surface area contributed by atoms with Gasteiger partial charge >= 0.3 is 0 Å². The summed E-state index contributed by atoms with van der Waals surface area (Å²) in [5, 5.41) is 13.5. The molecule has 1 aromatic carbocycles. The summed E-state index contributed by atoms with van der Waals surface area (Å²) in [4.78, 5) is 13.9. The van der Waals surface area contributed by atoms with Gasteiger partial charge in [0.15, 0.2) is 0 Å². The molecule has 0 spiro atoms. The SMILES string of the molecule is CCC(Nc1ncc([N+](=O)[O-])cc1Cl)c1cc(F)ccc1F. The van der Waals surface area contributed by atoms with Crippen LogP contribution in [0.5, 0.6) is 0 Å². The minimum Gasteiger partial charge on any atom is -0.362 e. The third-order valence-electron chi connectivity index (χ3n) is 3.09. The van der Waals surface area contributed by atoms with Crippen LogP contribution in [0.3, 0.4) is 0 Å². The van der Waals surface area contributed by atoms with Gasteiger partial charge in [0.05, 0.1) is 16.0 Å². The summed E-state index contributed by atoms with van der Waals surface area (Å²) in [5.74, 6) is -0.944. The highest BCUT2D eigenvalue weighted by Gasteiger charge is 2.18. The minimum atomic E-state index is -0.619. The molecule has 0 radical (unpaired) electrons. The molecule has 116 valence electrons. The number of pyridine rings is 1. The number of nitro groups is 1. The molecule has 1 unspecified atom stereocenters. The summed E-state index contributed by atoms with van der Waals surface area (Å²) in [5.41, 5.74) is -0.112. The van der Waals surface area contributed by atoms with Crippen LogP contribution in [-0.2, 0) is 0 Å². The number of hydrogen-bond acceptors (Lipinski definition) is 4. The first-order valence-corrected chi connectivity index (χ1v) is 6.81. The molecule has 0 amide bonds. The number of benzene rings is 1. The van der Waals surface area contributed by atoms with Crippen LogP contribution in [0.2, 0.25) is 5.02 Å². The van der Waals surface area contributed by atoms with E-state index in [1.54, 1.807) is 6.92 Å². The molecule has 1 N–H and O–H groups in total. The van der Waals surface area contributed by atoms with Gasteiger partial charge in [-0.1, -0.05) is 18.5 Å². The minimum absolute atomic E-state index is 0.0319. The van der Waals surface area contributed by atoms with Crippen LogP contribution in [0.4, 0.5) is 20.3 Å². The Kier molecular flexibility index (Phi) is 4.87. The van der Waals surface area contributed by atoms with E-state index in [9.17, 15) is 18.9 Å². The van der Waals surface area contributed by atoms with Gasteiger partial charge in [-0.15, -0.1) is 0 Å². The third kappa shape index (κ3) is 3.48. The third-order valence-corrected chi connectivity index (χ3v) is 3.38. The van der Waals surface area contributed by atoms with Crippen molar-refractivity contribution in [3.63, 3.8) is 0 Å². The van der Waals surface area contributed by atoms with Crippen molar-refractivity contribution in [2.75, 3.05) is 5.32 Å². The molecule has 2 aromatic rings. The molecular formula is C14H12ClF2N3O2. The molecule has 0 bridgehead atoms. The van der Waals surface area contributed by atoms with Gasteiger partial charge in [0, 0.05) is 11.6 Å². The monoisotopic (exact) mass is 327 g/mol. The highest BCUT2D eigenvalue weighted by molar-refractivity contribution is 6.33. The van der Waals surface area contributed by atoms with E-state index in [2.05, 4.69) is 10.3 Å². The number of nitrogens with zero attached hydrogens (tertiary/aromatic N) is 2. The van der Waals surface area contributed by atoms with Gasteiger partial charge < -0.3 is 5.32 Å². The maximum Gasteiger partial charge on any atom is 0.289 e. The maximum absolute atomic E-state index is 13.8. The Labute approximate surface area is 130 Å². The number of hydrogen-bond donors (Lipinski definition) is 1. The number of nitrogens with one attached hydrogen (secondary N) is 1. The predicted molar refractivity (Wildman–Crippen MR) is 78.9 cm³/mol. The van der Waals surface area contributed by atoms with E-state index in [0.29, 0.717) is 6.42 Å². The van der Waals surface area contributed by atoms with Crippen molar-refractivity contribution >= 4 is 23.1 Å². The summed E-state index contributed by atoms with van der Waals surface area (Å²) < 4.78 is 27.1. The van der Waals surface area contributed by atoms with Crippen molar-refractivity contribution in [2.45, 2.75) is 19.4 Å². The zero-order valence-corrected chi connectivity index (χ0v) is 12.3. The van der Waals surface area contributed by atoms with E-state index in [-0.39, 0.29) is 22.1 Å². The summed E-state index contributed by atoms with van der Waals surface area (Å²) >= 11 is 5.94. The highest BCUT2D eigenvalue weighted by atomic mass is 35.5. The lowest BCUT2D eigenvalue weighted by Crippen LogP contribution is -2.13. The molecule has 0 fully saturated rings. The van der Waals surface area contributed by atoms with Gasteiger partial charge in [0.2, 0.25) is 0 Å². The van der Waals surface area contributed by atoms with E-state index < -0.39 is 22.6 Å². The smallest absolute Gasteiger partial charge is 0.289 e. The molecule has 8 heteroatoms. The molecule has 1 heterocycles. The predicted octanol–water partition coefficient (Wildman–Crippen LogP) is 4.48. The lowest BCUT2D eigenvalue weighted by molar-refractivity contribution is -0.385. The quantitative estimate of drug-likeness (QED) is 0.649. The first-order valence-electron chi connectivity index (χ1n) is 6.43. The average molecular weight is 328 g/mol. The van der Waals surface area contributed by atoms with Crippen LogP contribution in [0.15, 0.2) is 30.5 Å². The van der Waals surface area contributed by atoms with Crippen LogP contribution in [0, 0.1) is 21.7 Å². The molecule has 0 saturated heterocycles. The van der Waals surface area contributed by atoms with E-state index in [0.717, 1.165) is 30.5 Å². The van der Waals surface area contributed by atoms with Crippen LogP contribution < -0.4 is 5.32 Å².